The molecule has 180 valence electrons. The van der Waals surface area contributed by atoms with Crippen molar-refractivity contribution < 1.29 is 19.4 Å². The number of hydrogen-bond acceptors (Lipinski definition) is 3. The van der Waals surface area contributed by atoms with Crippen LogP contribution in [0.4, 0.5) is 0 Å². The van der Waals surface area contributed by atoms with Crippen molar-refractivity contribution in [2.45, 2.75) is 80.6 Å². The normalized spacial score (nSPS) is 35.2. The van der Waals surface area contributed by atoms with Crippen molar-refractivity contribution in [1.29, 1.82) is 0 Å². The first-order valence-electron chi connectivity index (χ1n) is 12.5. The molecule has 3 saturated carbocycles. The third-order valence-electron chi connectivity index (χ3n) is 9.68. The molecule has 1 aromatic rings. The van der Waals surface area contributed by atoms with Crippen LogP contribution in [0.2, 0.25) is 0 Å². The lowest BCUT2D eigenvalue weighted by molar-refractivity contribution is -0.143. The lowest BCUT2D eigenvalue weighted by atomic mass is 9.56. The molecule has 0 aliphatic heterocycles. The molecule has 3 aliphatic carbocycles. The number of benzene rings is 1. The largest absolute Gasteiger partial charge is 0.478 e. The van der Waals surface area contributed by atoms with Gasteiger partial charge in [-0.15, -0.1) is 0 Å². The number of carboxylic acids is 1. The van der Waals surface area contributed by atoms with Crippen LogP contribution < -0.4 is 4.74 Å². The highest BCUT2D eigenvalue weighted by Gasteiger charge is 2.68. The number of esters is 1. The first-order valence-corrected chi connectivity index (χ1v) is 12.5. The van der Waals surface area contributed by atoms with E-state index in [-0.39, 0.29) is 16.8 Å². The summed E-state index contributed by atoms with van der Waals surface area (Å²) >= 11 is 0. The van der Waals surface area contributed by atoms with Crippen LogP contribution in [0.1, 0.15) is 86.1 Å². The van der Waals surface area contributed by atoms with Crippen LogP contribution in [-0.2, 0) is 9.59 Å². The maximum Gasteiger partial charge on any atom is 0.332 e. The molecule has 0 aromatic heterocycles. The summed E-state index contributed by atoms with van der Waals surface area (Å²) in [5.41, 5.74) is 0.940. The van der Waals surface area contributed by atoms with Crippen molar-refractivity contribution in [2.24, 2.45) is 39.4 Å². The third-order valence-corrected chi connectivity index (χ3v) is 9.68. The Morgan fingerprint density at radius 3 is 2.24 bits per heavy atom. The van der Waals surface area contributed by atoms with Crippen molar-refractivity contribution in [2.75, 3.05) is 0 Å². The number of hydrogen-bond donors (Lipinski definition) is 1. The summed E-state index contributed by atoms with van der Waals surface area (Å²) in [5.74, 6) is 1.16. The molecule has 0 heterocycles. The van der Waals surface area contributed by atoms with Gasteiger partial charge in [0.1, 0.15) is 5.75 Å². The van der Waals surface area contributed by atoms with E-state index in [1.165, 1.54) is 12.8 Å². The molecular formula is C29H40O4. The fourth-order valence-electron chi connectivity index (χ4n) is 7.77. The first-order chi connectivity index (χ1) is 15.2. The summed E-state index contributed by atoms with van der Waals surface area (Å²) in [6.07, 6.45) is 7.65. The van der Waals surface area contributed by atoms with E-state index in [1.54, 1.807) is 12.1 Å². The fourth-order valence-corrected chi connectivity index (χ4v) is 7.77. The average Bonchev–Trinajstić information content (AvgIpc) is 3.14. The first kappa shape index (κ1) is 24.0. The molecular weight excluding hydrogens is 412 g/mol. The fraction of sp³-hybridized carbons (Fsp3) is 0.655. The highest BCUT2D eigenvalue weighted by molar-refractivity contribution is 5.94. The molecule has 4 rings (SSSR count). The monoisotopic (exact) mass is 452 g/mol. The van der Waals surface area contributed by atoms with E-state index in [4.69, 9.17) is 4.74 Å². The molecule has 0 amide bonds. The van der Waals surface area contributed by atoms with Crippen molar-refractivity contribution in [1.82, 2.24) is 0 Å². The second-order valence-electron chi connectivity index (χ2n) is 12.8. The minimum absolute atomic E-state index is 0.134. The van der Waals surface area contributed by atoms with Gasteiger partial charge in [0.15, 0.2) is 0 Å². The van der Waals surface area contributed by atoms with Crippen molar-refractivity contribution in [3.05, 3.63) is 35.4 Å². The van der Waals surface area contributed by atoms with Gasteiger partial charge in [0.25, 0.3) is 0 Å². The molecule has 0 saturated heterocycles. The molecule has 5 atom stereocenters. The zero-order valence-electron chi connectivity index (χ0n) is 21.3. The van der Waals surface area contributed by atoms with Gasteiger partial charge < -0.3 is 9.84 Å². The third kappa shape index (κ3) is 3.74. The predicted octanol–water partition coefficient (Wildman–Crippen LogP) is 6.98. The van der Waals surface area contributed by atoms with Crippen molar-refractivity contribution >= 4 is 18.0 Å². The number of carboxylic acid groups (broad SMARTS) is 1. The van der Waals surface area contributed by atoms with Crippen LogP contribution in [0.3, 0.4) is 0 Å². The van der Waals surface area contributed by atoms with E-state index in [0.717, 1.165) is 30.7 Å². The van der Waals surface area contributed by atoms with Crippen LogP contribution in [0.5, 0.6) is 5.75 Å². The Morgan fingerprint density at radius 2 is 1.67 bits per heavy atom. The quantitative estimate of drug-likeness (QED) is 0.304. The van der Waals surface area contributed by atoms with Gasteiger partial charge in [-0.1, -0.05) is 39.8 Å². The predicted molar refractivity (Wildman–Crippen MR) is 131 cm³/mol. The van der Waals surface area contributed by atoms with Gasteiger partial charge in [0.2, 0.25) is 0 Å². The Bertz CT molecular complexity index is 980. The Morgan fingerprint density at radius 1 is 1.03 bits per heavy atom. The topological polar surface area (TPSA) is 63.6 Å². The molecule has 3 fully saturated rings. The second kappa shape index (κ2) is 7.71. The molecule has 0 radical (unpaired) electrons. The summed E-state index contributed by atoms with van der Waals surface area (Å²) in [6, 6.07) is 7.19. The van der Waals surface area contributed by atoms with Crippen LogP contribution in [0, 0.1) is 39.4 Å². The molecule has 1 spiro atoms. The minimum Gasteiger partial charge on any atom is -0.478 e. The maximum atomic E-state index is 12.6. The Labute approximate surface area is 198 Å². The van der Waals surface area contributed by atoms with Gasteiger partial charge in [-0.05, 0) is 105 Å². The molecule has 4 heteroatoms. The molecule has 5 unspecified atom stereocenters. The zero-order chi connectivity index (χ0) is 24.4. The summed E-state index contributed by atoms with van der Waals surface area (Å²) < 4.78 is 5.47. The van der Waals surface area contributed by atoms with E-state index in [1.807, 2.05) is 39.0 Å². The van der Waals surface area contributed by atoms with Crippen molar-refractivity contribution in [3.8, 4) is 5.75 Å². The SMILES string of the molecule is CC1CCC2C(C)(C)C3CC12CCC3(C)/C(=C\c1ccc(OC(=O)C(C)(C)C)cc1)C(=O)O. The summed E-state index contributed by atoms with van der Waals surface area (Å²) in [6.45, 7) is 14.9. The van der Waals surface area contributed by atoms with Gasteiger partial charge in [0.05, 0.1) is 5.41 Å². The lowest BCUT2D eigenvalue weighted by Gasteiger charge is -2.48. The molecule has 3 aliphatic rings. The standard InChI is InChI=1S/C29H40O4/c1-18-8-13-22-27(5,6)23-17-29(18,22)15-14-28(23,7)21(24(30)31)16-19-9-11-20(12-10-19)33-25(32)26(2,3)4/h9-12,16,18,22-23H,8,13-15,17H2,1-7H3,(H,30,31)/b21-16-. The van der Waals surface area contributed by atoms with E-state index in [9.17, 15) is 14.7 Å². The van der Waals surface area contributed by atoms with Gasteiger partial charge in [-0.25, -0.2) is 4.79 Å². The smallest absolute Gasteiger partial charge is 0.332 e. The van der Waals surface area contributed by atoms with E-state index in [2.05, 4.69) is 27.7 Å². The van der Waals surface area contributed by atoms with Crippen molar-refractivity contribution in [3.63, 3.8) is 0 Å². The number of rotatable bonds is 4. The Balaban J connectivity index is 1.64. The van der Waals surface area contributed by atoms with Crippen LogP contribution in [0.25, 0.3) is 6.08 Å². The van der Waals surface area contributed by atoms with Gasteiger partial charge >= 0.3 is 11.9 Å². The summed E-state index contributed by atoms with van der Waals surface area (Å²) in [5, 5.41) is 10.3. The van der Waals surface area contributed by atoms with Gasteiger partial charge in [-0.3, -0.25) is 4.79 Å². The van der Waals surface area contributed by atoms with E-state index >= 15 is 0 Å². The number of carbonyl (C=O) groups excluding carboxylic acids is 1. The number of carbonyl (C=O) groups is 2. The number of aliphatic carboxylic acids is 1. The number of fused-ring (bicyclic) bond motifs is 1. The van der Waals surface area contributed by atoms with Gasteiger partial charge in [-0.2, -0.15) is 0 Å². The maximum absolute atomic E-state index is 12.6. The van der Waals surface area contributed by atoms with Crippen LogP contribution in [-0.4, -0.2) is 17.0 Å². The van der Waals surface area contributed by atoms with E-state index < -0.39 is 11.4 Å². The second-order valence-corrected chi connectivity index (χ2v) is 12.8. The molecule has 4 nitrogen and oxygen atoms in total. The molecule has 33 heavy (non-hydrogen) atoms. The molecule has 2 bridgehead atoms. The number of ether oxygens (including phenoxy) is 1. The highest BCUT2D eigenvalue weighted by Crippen LogP contribution is 2.75. The van der Waals surface area contributed by atoms with Gasteiger partial charge in [0, 0.05) is 11.0 Å². The summed E-state index contributed by atoms with van der Waals surface area (Å²) in [4.78, 5) is 24.8. The zero-order valence-corrected chi connectivity index (χ0v) is 21.3. The Hall–Kier alpha value is -2.10. The molecule has 1 N–H and O–H groups in total. The Kier molecular flexibility index (Phi) is 5.62. The van der Waals surface area contributed by atoms with Crippen LogP contribution >= 0.6 is 0 Å². The summed E-state index contributed by atoms with van der Waals surface area (Å²) in [7, 11) is 0. The molecule has 1 aromatic carbocycles. The highest BCUT2D eigenvalue weighted by atomic mass is 16.5. The lowest BCUT2D eigenvalue weighted by Crippen LogP contribution is -2.42. The van der Waals surface area contributed by atoms with E-state index in [0.29, 0.717) is 28.6 Å². The minimum atomic E-state index is -0.822. The average molecular weight is 453 g/mol. The van der Waals surface area contributed by atoms with Crippen LogP contribution in [0.15, 0.2) is 29.8 Å².